The number of amides is 1. The lowest BCUT2D eigenvalue weighted by Crippen LogP contribution is -2.57. The highest BCUT2D eigenvalue weighted by Gasteiger charge is 2.49. The van der Waals surface area contributed by atoms with Gasteiger partial charge in [-0.15, -0.1) is 20.8 Å². The van der Waals surface area contributed by atoms with Gasteiger partial charge >= 0.3 is 5.78 Å². The lowest BCUT2D eigenvalue weighted by molar-refractivity contribution is -0.566. The van der Waals surface area contributed by atoms with Gasteiger partial charge in [0.1, 0.15) is 5.69 Å². The topological polar surface area (TPSA) is 94.1 Å². The zero-order chi connectivity index (χ0) is 19.3. The van der Waals surface area contributed by atoms with Gasteiger partial charge in [-0.2, -0.15) is 0 Å². The van der Waals surface area contributed by atoms with Gasteiger partial charge in [-0.05, 0) is 13.3 Å². The Morgan fingerprint density at radius 3 is 3.07 bits per heavy atom. The van der Waals surface area contributed by atoms with Crippen LogP contribution in [0, 0.1) is 12.3 Å². The van der Waals surface area contributed by atoms with Crippen LogP contribution < -0.4 is 14.7 Å². The highest BCUT2D eigenvalue weighted by atomic mass is 32.1. The lowest BCUT2D eigenvalue weighted by Gasteiger charge is -2.47. The fraction of sp³-hybridized carbons (Fsp3) is 0.500. The molecule has 9 nitrogen and oxygen atoms in total. The van der Waals surface area contributed by atoms with Gasteiger partial charge < -0.3 is 10.2 Å². The Balaban J connectivity index is 1.23. The number of aromatic amines is 1. The molecule has 0 unspecified atom stereocenters. The van der Waals surface area contributed by atoms with E-state index >= 15 is 0 Å². The molecule has 0 aromatic carbocycles. The molecule has 0 bridgehead atoms. The molecular formula is C18H23N8OS+. The van der Waals surface area contributed by atoms with E-state index in [0.717, 1.165) is 44.2 Å². The van der Waals surface area contributed by atoms with E-state index in [9.17, 15) is 4.79 Å². The molecule has 10 heteroatoms. The van der Waals surface area contributed by atoms with Crippen LogP contribution in [-0.2, 0) is 11.3 Å². The average Bonchev–Trinajstić information content (AvgIpc) is 3.32. The third-order valence-electron chi connectivity index (χ3n) is 5.51. The van der Waals surface area contributed by atoms with Gasteiger partial charge in [0, 0.05) is 49.1 Å². The van der Waals surface area contributed by atoms with Gasteiger partial charge in [0.25, 0.3) is 0 Å². The van der Waals surface area contributed by atoms with Crippen molar-refractivity contribution < 1.29 is 9.31 Å². The molecule has 0 radical (unpaired) electrons. The van der Waals surface area contributed by atoms with Crippen LogP contribution in [0.25, 0.3) is 5.78 Å². The number of fused-ring (bicyclic) bond motifs is 1. The number of aromatic nitrogens is 5. The summed E-state index contributed by atoms with van der Waals surface area (Å²) in [4.78, 5) is 30.3. The molecule has 146 valence electrons. The Bertz CT molecular complexity index is 1040. The van der Waals surface area contributed by atoms with Crippen molar-refractivity contribution in [2.45, 2.75) is 26.8 Å². The van der Waals surface area contributed by atoms with E-state index in [0.29, 0.717) is 16.3 Å². The van der Waals surface area contributed by atoms with Crippen LogP contribution in [-0.4, -0.2) is 57.0 Å². The quantitative estimate of drug-likeness (QED) is 0.635. The van der Waals surface area contributed by atoms with Crippen molar-refractivity contribution in [2.24, 2.45) is 5.41 Å². The number of thiazole rings is 1. The minimum Gasteiger partial charge on any atom is -0.306 e. The number of likely N-dealkylation sites (tertiary alicyclic amines) is 1. The first-order chi connectivity index (χ1) is 13.5. The first kappa shape index (κ1) is 17.5. The summed E-state index contributed by atoms with van der Waals surface area (Å²) in [5.74, 6) is 1.77. The SMILES string of the molecule is CC(=O)Nc1ncc(CN2CC3(CCN(c4cc(C)nc5nc[nH][n+]45)C3)C2)s1. The van der Waals surface area contributed by atoms with Crippen LogP contribution in [0.4, 0.5) is 10.9 Å². The van der Waals surface area contributed by atoms with Gasteiger partial charge in [-0.1, -0.05) is 4.98 Å². The van der Waals surface area contributed by atoms with Gasteiger partial charge in [-0.25, -0.2) is 10.1 Å². The maximum absolute atomic E-state index is 11.1. The molecule has 5 heterocycles. The molecule has 1 spiro atoms. The molecule has 5 rings (SSSR count). The number of anilines is 2. The number of carbonyl (C=O) groups excluding carboxylic acids is 1. The number of H-pyrrole nitrogens is 1. The van der Waals surface area contributed by atoms with Crippen molar-refractivity contribution in [3.63, 3.8) is 0 Å². The van der Waals surface area contributed by atoms with Crippen LogP contribution in [0.15, 0.2) is 18.6 Å². The van der Waals surface area contributed by atoms with Crippen LogP contribution in [0.2, 0.25) is 0 Å². The standard InChI is InChI=1S/C18H22N8OS/c1-12-5-15(26-16(22-12)20-11-21-26)25-4-3-18(10-25)8-24(9-18)7-14-6-19-17(28-14)23-13(2)27/h5-6,11H,3-4,7-10H2,1-2H3,(H,19,23,27)/p+1. The number of nitrogens with one attached hydrogen (secondary N) is 2. The summed E-state index contributed by atoms with van der Waals surface area (Å²) < 4.78 is 1.96. The normalized spacial score (nSPS) is 18.7. The van der Waals surface area contributed by atoms with Crippen molar-refractivity contribution in [1.29, 1.82) is 0 Å². The molecule has 2 aliphatic heterocycles. The summed E-state index contributed by atoms with van der Waals surface area (Å²) in [6.07, 6.45) is 4.75. The second-order valence-corrected chi connectivity index (χ2v) is 9.02. The monoisotopic (exact) mass is 399 g/mol. The molecule has 1 amide bonds. The van der Waals surface area contributed by atoms with E-state index in [4.69, 9.17) is 0 Å². The fourth-order valence-electron chi connectivity index (χ4n) is 4.39. The van der Waals surface area contributed by atoms with Crippen LogP contribution >= 0.6 is 11.3 Å². The summed E-state index contributed by atoms with van der Waals surface area (Å²) in [5.41, 5.74) is 1.34. The third kappa shape index (κ3) is 3.12. The van der Waals surface area contributed by atoms with Crippen LogP contribution in [0.3, 0.4) is 0 Å². The number of hydrogen-bond donors (Lipinski definition) is 2. The maximum atomic E-state index is 11.1. The van der Waals surface area contributed by atoms with Gasteiger partial charge in [0.05, 0.1) is 13.1 Å². The molecule has 0 atom stereocenters. The largest absolute Gasteiger partial charge is 0.408 e. The lowest BCUT2D eigenvalue weighted by atomic mass is 9.79. The van der Waals surface area contributed by atoms with Crippen molar-refractivity contribution in [2.75, 3.05) is 36.4 Å². The maximum Gasteiger partial charge on any atom is 0.408 e. The number of rotatable bonds is 4. The number of hydrogen-bond acceptors (Lipinski definition) is 7. The first-order valence-corrected chi connectivity index (χ1v) is 10.2. The number of aryl methyl sites for hydroxylation is 1. The molecular weight excluding hydrogens is 376 g/mol. The van der Waals surface area contributed by atoms with Gasteiger partial charge in [0.15, 0.2) is 11.5 Å². The third-order valence-corrected chi connectivity index (χ3v) is 6.40. The Morgan fingerprint density at radius 2 is 2.25 bits per heavy atom. The van der Waals surface area contributed by atoms with Crippen LogP contribution in [0.1, 0.15) is 23.9 Å². The molecule has 3 aromatic rings. The Morgan fingerprint density at radius 1 is 1.39 bits per heavy atom. The minimum atomic E-state index is -0.0783. The van der Waals surface area contributed by atoms with E-state index in [1.807, 2.05) is 17.6 Å². The predicted octanol–water partition coefficient (Wildman–Crippen LogP) is 0.979. The van der Waals surface area contributed by atoms with E-state index in [1.54, 1.807) is 17.7 Å². The smallest absolute Gasteiger partial charge is 0.306 e. The molecule has 2 saturated heterocycles. The fourth-order valence-corrected chi connectivity index (χ4v) is 5.29. The van der Waals surface area contributed by atoms with Crippen molar-refractivity contribution >= 4 is 34.0 Å². The second-order valence-electron chi connectivity index (χ2n) is 7.91. The molecule has 2 aliphatic rings. The second kappa shape index (κ2) is 6.49. The highest BCUT2D eigenvalue weighted by molar-refractivity contribution is 7.15. The zero-order valence-electron chi connectivity index (χ0n) is 16.0. The number of nitrogens with zero attached hydrogens (tertiary/aromatic N) is 6. The van der Waals surface area contributed by atoms with Crippen LogP contribution in [0.5, 0.6) is 0 Å². The van der Waals surface area contributed by atoms with E-state index in [2.05, 4.69) is 41.2 Å². The van der Waals surface area contributed by atoms with Crippen molar-refractivity contribution in [3.8, 4) is 0 Å². The van der Waals surface area contributed by atoms with Gasteiger partial charge in [-0.3, -0.25) is 9.69 Å². The van der Waals surface area contributed by atoms with Crippen molar-refractivity contribution in [1.82, 2.24) is 25.0 Å². The van der Waals surface area contributed by atoms with Crippen molar-refractivity contribution in [3.05, 3.63) is 29.2 Å². The minimum absolute atomic E-state index is 0.0783. The zero-order valence-corrected chi connectivity index (χ0v) is 16.8. The van der Waals surface area contributed by atoms with E-state index in [1.165, 1.54) is 18.2 Å². The van der Waals surface area contributed by atoms with E-state index in [-0.39, 0.29) is 5.91 Å². The molecule has 0 saturated carbocycles. The summed E-state index contributed by atoms with van der Waals surface area (Å²) in [6.45, 7) is 8.70. The summed E-state index contributed by atoms with van der Waals surface area (Å²) in [6, 6.07) is 2.13. The van der Waals surface area contributed by atoms with E-state index < -0.39 is 0 Å². The summed E-state index contributed by atoms with van der Waals surface area (Å²) >= 11 is 1.55. The average molecular weight is 400 g/mol. The Labute approximate surface area is 166 Å². The molecule has 2 N–H and O–H groups in total. The Kier molecular flexibility index (Phi) is 4.06. The Hall–Kier alpha value is -2.59. The molecule has 3 aromatic heterocycles. The molecule has 28 heavy (non-hydrogen) atoms. The number of carbonyl (C=O) groups is 1. The first-order valence-electron chi connectivity index (χ1n) is 9.42. The predicted molar refractivity (Wildman–Crippen MR) is 105 cm³/mol. The summed E-state index contributed by atoms with van der Waals surface area (Å²) in [5, 5.41) is 6.60. The molecule has 0 aliphatic carbocycles. The highest BCUT2D eigenvalue weighted by Crippen LogP contribution is 2.41. The van der Waals surface area contributed by atoms with Gasteiger partial charge in [0.2, 0.25) is 11.7 Å². The molecule has 2 fully saturated rings. The summed E-state index contributed by atoms with van der Waals surface area (Å²) in [7, 11) is 0.